The molecule has 1 aliphatic rings. The highest BCUT2D eigenvalue weighted by molar-refractivity contribution is 6.18. The summed E-state index contributed by atoms with van der Waals surface area (Å²) < 4.78 is 0. The van der Waals surface area contributed by atoms with Gasteiger partial charge in [-0.1, -0.05) is 0 Å². The van der Waals surface area contributed by atoms with Crippen molar-refractivity contribution in [1.82, 2.24) is 10.6 Å². The molecule has 1 saturated heterocycles. The van der Waals surface area contributed by atoms with Gasteiger partial charge in [0.2, 0.25) is 11.8 Å². The van der Waals surface area contributed by atoms with Crippen LogP contribution in [0.1, 0.15) is 33.6 Å². The molecule has 1 aliphatic heterocycles. The Bertz CT molecular complexity index is 323. The number of rotatable bonds is 3. The highest BCUT2D eigenvalue weighted by Gasteiger charge is 2.46. The van der Waals surface area contributed by atoms with Gasteiger partial charge in [-0.05, 0) is 33.6 Å². The zero-order valence-corrected chi connectivity index (χ0v) is 9.59. The molecule has 0 unspecified atom stereocenters. The fourth-order valence-electron chi connectivity index (χ4n) is 1.40. The maximum absolute atomic E-state index is 11.6. The minimum absolute atomic E-state index is 0.182. The summed E-state index contributed by atoms with van der Waals surface area (Å²) in [5.74, 6) is -1.24. The molecule has 0 spiro atoms. The molecule has 0 aromatic carbocycles. The summed E-state index contributed by atoms with van der Waals surface area (Å²) in [6.45, 7) is 4.65. The van der Waals surface area contributed by atoms with Gasteiger partial charge < -0.3 is 5.11 Å². The van der Waals surface area contributed by atoms with Crippen molar-refractivity contribution >= 4 is 17.8 Å². The second-order valence-corrected chi connectivity index (χ2v) is 4.88. The molecule has 6 heteroatoms. The van der Waals surface area contributed by atoms with Crippen LogP contribution in [-0.2, 0) is 9.59 Å². The van der Waals surface area contributed by atoms with E-state index >= 15 is 0 Å². The number of imide groups is 2. The Morgan fingerprint density at radius 1 is 1.19 bits per heavy atom. The molecule has 0 radical (unpaired) electrons. The third-order valence-electron chi connectivity index (χ3n) is 2.69. The lowest BCUT2D eigenvalue weighted by atomic mass is 9.79. The van der Waals surface area contributed by atoms with Gasteiger partial charge in [0.1, 0.15) is 5.41 Å². The average Bonchev–Trinajstić information content (AvgIpc) is 2.10. The van der Waals surface area contributed by atoms with Crippen LogP contribution in [0.25, 0.3) is 0 Å². The van der Waals surface area contributed by atoms with E-state index in [1.165, 1.54) is 6.92 Å². The van der Waals surface area contributed by atoms with Crippen molar-refractivity contribution in [2.45, 2.75) is 39.2 Å². The maximum atomic E-state index is 11.6. The summed E-state index contributed by atoms with van der Waals surface area (Å²) >= 11 is 0. The molecule has 0 atom stereocenters. The normalized spacial score (nSPS) is 20.4. The van der Waals surface area contributed by atoms with Gasteiger partial charge in [0.25, 0.3) is 0 Å². The molecule has 0 aliphatic carbocycles. The number of carbonyl (C=O) groups excluding carboxylic acids is 3. The van der Waals surface area contributed by atoms with Gasteiger partial charge in [-0.15, -0.1) is 0 Å². The van der Waals surface area contributed by atoms with Crippen molar-refractivity contribution in [3.8, 4) is 0 Å². The lowest BCUT2D eigenvalue weighted by Crippen LogP contribution is -2.61. The molecule has 16 heavy (non-hydrogen) atoms. The predicted octanol–water partition coefficient (Wildman–Crippen LogP) is -0.0902. The first-order valence-electron chi connectivity index (χ1n) is 5.04. The Hall–Kier alpha value is -1.43. The third kappa shape index (κ3) is 2.57. The number of barbiturate groups is 1. The summed E-state index contributed by atoms with van der Waals surface area (Å²) in [6, 6.07) is -0.796. The fraction of sp³-hybridized carbons (Fsp3) is 0.700. The molecule has 6 nitrogen and oxygen atoms in total. The molecule has 1 heterocycles. The zero-order valence-electron chi connectivity index (χ0n) is 9.59. The fourth-order valence-corrected chi connectivity index (χ4v) is 1.40. The zero-order chi connectivity index (χ0) is 12.6. The van der Waals surface area contributed by atoms with E-state index in [1.807, 2.05) is 10.6 Å². The summed E-state index contributed by atoms with van der Waals surface area (Å²) in [6.07, 6.45) is 0.472. The third-order valence-corrected chi connectivity index (χ3v) is 2.69. The number of urea groups is 1. The number of amides is 4. The highest BCUT2D eigenvalue weighted by Crippen LogP contribution is 2.29. The van der Waals surface area contributed by atoms with E-state index in [1.54, 1.807) is 13.8 Å². The number of nitrogens with one attached hydrogen (secondary N) is 2. The van der Waals surface area contributed by atoms with Crippen molar-refractivity contribution < 1.29 is 19.5 Å². The van der Waals surface area contributed by atoms with E-state index in [0.717, 1.165) is 0 Å². The average molecular weight is 228 g/mol. The molecule has 0 aromatic rings. The minimum Gasteiger partial charge on any atom is -0.390 e. The Balaban J connectivity index is 2.78. The summed E-state index contributed by atoms with van der Waals surface area (Å²) in [5.41, 5.74) is -2.25. The Morgan fingerprint density at radius 2 is 1.62 bits per heavy atom. The van der Waals surface area contributed by atoms with Gasteiger partial charge in [0.15, 0.2) is 0 Å². The van der Waals surface area contributed by atoms with Crippen LogP contribution in [0.2, 0.25) is 0 Å². The second-order valence-electron chi connectivity index (χ2n) is 4.88. The molecule has 1 fully saturated rings. The molecule has 0 saturated carbocycles. The van der Waals surface area contributed by atoms with E-state index in [0.29, 0.717) is 6.42 Å². The standard InChI is InChI=1S/C10H16N2O4/c1-9(2,16)4-5-10(3)6(13)11-8(15)12-7(10)14/h16H,4-5H2,1-3H3,(H2,11,12,13,14,15). The quantitative estimate of drug-likeness (QED) is 0.588. The van der Waals surface area contributed by atoms with Crippen LogP contribution in [0.4, 0.5) is 4.79 Å². The lowest BCUT2D eigenvalue weighted by molar-refractivity contribution is -0.144. The van der Waals surface area contributed by atoms with Crippen molar-refractivity contribution in [1.29, 1.82) is 0 Å². The second kappa shape index (κ2) is 3.86. The first-order chi connectivity index (χ1) is 7.15. The molecule has 3 N–H and O–H groups in total. The molecule has 0 bridgehead atoms. The van der Waals surface area contributed by atoms with Crippen LogP contribution in [0.5, 0.6) is 0 Å². The summed E-state index contributed by atoms with van der Waals surface area (Å²) in [4.78, 5) is 34.0. The van der Waals surface area contributed by atoms with E-state index in [9.17, 15) is 19.5 Å². The number of hydrogen-bond acceptors (Lipinski definition) is 4. The van der Waals surface area contributed by atoms with Crippen molar-refractivity contribution in [2.24, 2.45) is 5.41 Å². The number of carbonyl (C=O) groups is 3. The number of hydrogen-bond donors (Lipinski definition) is 3. The molecular weight excluding hydrogens is 212 g/mol. The Morgan fingerprint density at radius 3 is 2.00 bits per heavy atom. The summed E-state index contributed by atoms with van der Waals surface area (Å²) in [7, 11) is 0. The molecule has 90 valence electrons. The topological polar surface area (TPSA) is 95.5 Å². The smallest absolute Gasteiger partial charge is 0.328 e. The monoisotopic (exact) mass is 228 g/mol. The number of aliphatic hydroxyl groups is 1. The van der Waals surface area contributed by atoms with E-state index < -0.39 is 28.9 Å². The SMILES string of the molecule is CC(C)(O)CCC1(C)C(=O)NC(=O)NC1=O. The Kier molecular flexibility index (Phi) is 3.05. The highest BCUT2D eigenvalue weighted by atomic mass is 16.3. The van der Waals surface area contributed by atoms with Crippen LogP contribution in [0.3, 0.4) is 0 Å². The first-order valence-corrected chi connectivity index (χ1v) is 5.04. The van der Waals surface area contributed by atoms with Gasteiger partial charge in [-0.25, -0.2) is 4.79 Å². The minimum atomic E-state index is -1.30. The van der Waals surface area contributed by atoms with E-state index in [4.69, 9.17) is 0 Å². The molecular formula is C10H16N2O4. The van der Waals surface area contributed by atoms with Crippen molar-refractivity contribution in [2.75, 3.05) is 0 Å². The first kappa shape index (κ1) is 12.6. The van der Waals surface area contributed by atoms with Crippen molar-refractivity contribution in [3.63, 3.8) is 0 Å². The van der Waals surface area contributed by atoms with Crippen LogP contribution >= 0.6 is 0 Å². The van der Waals surface area contributed by atoms with Gasteiger partial charge in [0, 0.05) is 0 Å². The van der Waals surface area contributed by atoms with Crippen LogP contribution < -0.4 is 10.6 Å². The summed E-state index contributed by atoms with van der Waals surface area (Å²) in [5, 5.41) is 13.6. The molecule has 4 amide bonds. The van der Waals surface area contributed by atoms with E-state index in [2.05, 4.69) is 0 Å². The lowest BCUT2D eigenvalue weighted by Gasteiger charge is -2.32. The predicted molar refractivity (Wildman–Crippen MR) is 55.3 cm³/mol. The van der Waals surface area contributed by atoms with Crippen LogP contribution in [0.15, 0.2) is 0 Å². The van der Waals surface area contributed by atoms with E-state index in [-0.39, 0.29) is 6.42 Å². The van der Waals surface area contributed by atoms with Gasteiger partial charge in [0.05, 0.1) is 5.60 Å². The molecule has 1 rings (SSSR count). The molecule has 0 aromatic heterocycles. The van der Waals surface area contributed by atoms with Gasteiger partial charge in [-0.2, -0.15) is 0 Å². The maximum Gasteiger partial charge on any atom is 0.328 e. The Labute approximate surface area is 93.4 Å². The van der Waals surface area contributed by atoms with Crippen LogP contribution in [-0.4, -0.2) is 28.6 Å². The largest absolute Gasteiger partial charge is 0.390 e. The van der Waals surface area contributed by atoms with Crippen LogP contribution in [0, 0.1) is 5.41 Å². The van der Waals surface area contributed by atoms with Crippen molar-refractivity contribution in [3.05, 3.63) is 0 Å². The van der Waals surface area contributed by atoms with Gasteiger partial charge in [-0.3, -0.25) is 20.2 Å². The van der Waals surface area contributed by atoms with Gasteiger partial charge >= 0.3 is 6.03 Å².